The van der Waals surface area contributed by atoms with Gasteiger partial charge < -0.3 is 9.73 Å². The van der Waals surface area contributed by atoms with Gasteiger partial charge >= 0.3 is 0 Å². The van der Waals surface area contributed by atoms with Crippen molar-refractivity contribution in [2.45, 2.75) is 19.3 Å². The second-order valence-electron chi connectivity index (χ2n) is 5.58. The second kappa shape index (κ2) is 7.93. The quantitative estimate of drug-likeness (QED) is 0.735. The highest BCUT2D eigenvalue weighted by molar-refractivity contribution is 5.90. The molecule has 1 N–H and O–H groups in total. The lowest BCUT2D eigenvalue weighted by Crippen LogP contribution is -2.11. The summed E-state index contributed by atoms with van der Waals surface area (Å²) in [4.78, 5) is 16.2. The Labute approximate surface area is 145 Å². The molecule has 0 bridgehead atoms. The highest BCUT2D eigenvalue weighted by Crippen LogP contribution is 2.20. The van der Waals surface area contributed by atoms with Crippen LogP contribution in [0.5, 0.6) is 0 Å². The lowest BCUT2D eigenvalue weighted by molar-refractivity contribution is -0.116. The van der Waals surface area contributed by atoms with Gasteiger partial charge in [0.2, 0.25) is 5.91 Å². The molecule has 0 spiro atoms. The standard InChI is InChI=1S/C20H17N3O2/c21-13-15-6-4-9-17(12-15)23-19(24)10-5-11-20-22-14-18(25-20)16-7-2-1-3-8-16/h1-4,6-9,12,14H,5,10-11H2,(H,23,24). The zero-order chi connectivity index (χ0) is 17.5. The van der Waals surface area contributed by atoms with Gasteiger partial charge in [0, 0.05) is 24.1 Å². The minimum absolute atomic E-state index is 0.0927. The molecular formula is C20H17N3O2. The van der Waals surface area contributed by atoms with E-state index >= 15 is 0 Å². The number of rotatable bonds is 6. The number of benzene rings is 2. The van der Waals surface area contributed by atoms with E-state index in [2.05, 4.69) is 10.3 Å². The fourth-order valence-corrected chi connectivity index (χ4v) is 2.45. The van der Waals surface area contributed by atoms with E-state index in [9.17, 15) is 4.79 Å². The summed E-state index contributed by atoms with van der Waals surface area (Å²) in [5, 5.41) is 11.7. The van der Waals surface area contributed by atoms with Crippen molar-refractivity contribution in [3.8, 4) is 17.4 Å². The number of aryl methyl sites for hydroxylation is 1. The largest absolute Gasteiger partial charge is 0.441 e. The van der Waals surface area contributed by atoms with Crippen LogP contribution in [-0.2, 0) is 11.2 Å². The van der Waals surface area contributed by atoms with Crippen molar-refractivity contribution >= 4 is 11.6 Å². The summed E-state index contributed by atoms with van der Waals surface area (Å²) >= 11 is 0. The van der Waals surface area contributed by atoms with E-state index in [0.717, 1.165) is 11.3 Å². The molecule has 1 aromatic heterocycles. The maximum absolute atomic E-state index is 12.0. The molecule has 0 unspecified atom stereocenters. The molecule has 0 aliphatic carbocycles. The van der Waals surface area contributed by atoms with Crippen molar-refractivity contribution in [1.82, 2.24) is 4.98 Å². The van der Waals surface area contributed by atoms with Gasteiger partial charge in [0.15, 0.2) is 11.7 Å². The molecule has 0 atom stereocenters. The number of nitriles is 1. The zero-order valence-electron chi connectivity index (χ0n) is 13.6. The summed E-state index contributed by atoms with van der Waals surface area (Å²) < 4.78 is 5.72. The van der Waals surface area contributed by atoms with E-state index in [1.165, 1.54) is 0 Å². The van der Waals surface area contributed by atoms with E-state index in [-0.39, 0.29) is 5.91 Å². The lowest BCUT2D eigenvalue weighted by atomic mass is 10.2. The fraction of sp³-hybridized carbons (Fsp3) is 0.150. The summed E-state index contributed by atoms with van der Waals surface area (Å²) in [5.41, 5.74) is 2.13. The van der Waals surface area contributed by atoms with Crippen LogP contribution in [0.4, 0.5) is 5.69 Å². The number of anilines is 1. The Balaban J connectivity index is 1.49. The number of carbonyl (C=O) groups is 1. The molecule has 3 aromatic rings. The van der Waals surface area contributed by atoms with E-state index in [1.807, 2.05) is 36.4 Å². The molecule has 0 aliphatic heterocycles. The summed E-state index contributed by atoms with van der Waals surface area (Å²) in [6.07, 6.45) is 3.30. The maximum atomic E-state index is 12.0. The number of oxazole rings is 1. The molecule has 124 valence electrons. The highest BCUT2D eigenvalue weighted by Gasteiger charge is 2.08. The molecule has 5 nitrogen and oxygen atoms in total. The third-order valence-corrected chi connectivity index (χ3v) is 3.68. The zero-order valence-corrected chi connectivity index (χ0v) is 13.6. The maximum Gasteiger partial charge on any atom is 0.224 e. The molecular weight excluding hydrogens is 314 g/mol. The Morgan fingerprint density at radius 3 is 2.80 bits per heavy atom. The van der Waals surface area contributed by atoms with Crippen molar-refractivity contribution in [2.24, 2.45) is 0 Å². The Morgan fingerprint density at radius 1 is 1.16 bits per heavy atom. The summed E-state index contributed by atoms with van der Waals surface area (Å²) in [6.45, 7) is 0. The van der Waals surface area contributed by atoms with Crippen molar-refractivity contribution in [1.29, 1.82) is 5.26 Å². The normalized spacial score (nSPS) is 10.2. The first-order chi connectivity index (χ1) is 12.2. The Kier molecular flexibility index (Phi) is 5.22. The molecule has 0 saturated heterocycles. The topological polar surface area (TPSA) is 78.9 Å². The molecule has 1 heterocycles. The van der Waals surface area contributed by atoms with Gasteiger partial charge in [-0.15, -0.1) is 0 Å². The van der Waals surface area contributed by atoms with Gasteiger partial charge in [0.05, 0.1) is 17.8 Å². The number of nitrogens with one attached hydrogen (secondary N) is 1. The van der Waals surface area contributed by atoms with Crippen LogP contribution in [0.3, 0.4) is 0 Å². The number of hydrogen-bond donors (Lipinski definition) is 1. The fourth-order valence-electron chi connectivity index (χ4n) is 2.45. The summed E-state index contributed by atoms with van der Waals surface area (Å²) in [7, 11) is 0. The first-order valence-corrected chi connectivity index (χ1v) is 8.05. The molecule has 25 heavy (non-hydrogen) atoms. The first-order valence-electron chi connectivity index (χ1n) is 8.05. The molecule has 0 radical (unpaired) electrons. The van der Waals surface area contributed by atoms with Crippen LogP contribution in [0.2, 0.25) is 0 Å². The van der Waals surface area contributed by atoms with Crippen molar-refractivity contribution in [3.63, 3.8) is 0 Å². The molecule has 0 aliphatic rings. The van der Waals surface area contributed by atoms with Crippen LogP contribution < -0.4 is 5.32 Å². The van der Waals surface area contributed by atoms with E-state index in [4.69, 9.17) is 9.68 Å². The molecule has 0 fully saturated rings. The predicted octanol–water partition coefficient (Wildman–Crippen LogP) is 4.17. The van der Waals surface area contributed by atoms with Crippen LogP contribution in [0.15, 0.2) is 65.2 Å². The number of carbonyl (C=O) groups excluding carboxylic acids is 1. The Hall–Kier alpha value is -3.39. The summed E-state index contributed by atoms with van der Waals surface area (Å²) in [5.74, 6) is 1.26. The molecule has 3 rings (SSSR count). The van der Waals surface area contributed by atoms with Crippen LogP contribution in [0.25, 0.3) is 11.3 Å². The van der Waals surface area contributed by atoms with Gasteiger partial charge in [-0.3, -0.25) is 4.79 Å². The lowest BCUT2D eigenvalue weighted by Gasteiger charge is -2.04. The van der Waals surface area contributed by atoms with Crippen LogP contribution >= 0.6 is 0 Å². The minimum Gasteiger partial charge on any atom is -0.441 e. The average Bonchev–Trinajstić information content (AvgIpc) is 3.11. The van der Waals surface area contributed by atoms with Gasteiger partial charge in [-0.25, -0.2) is 4.98 Å². The van der Waals surface area contributed by atoms with E-state index in [1.54, 1.807) is 30.5 Å². The first kappa shape index (κ1) is 16.5. The number of nitrogens with zero attached hydrogens (tertiary/aromatic N) is 2. The predicted molar refractivity (Wildman–Crippen MR) is 94.7 cm³/mol. The van der Waals surface area contributed by atoms with E-state index < -0.39 is 0 Å². The number of aromatic nitrogens is 1. The molecule has 0 saturated carbocycles. The monoisotopic (exact) mass is 331 g/mol. The van der Waals surface area contributed by atoms with Gasteiger partial charge in [0.1, 0.15) is 0 Å². The van der Waals surface area contributed by atoms with Crippen LogP contribution in [0.1, 0.15) is 24.3 Å². The van der Waals surface area contributed by atoms with Crippen LogP contribution in [0, 0.1) is 11.3 Å². The summed E-state index contributed by atoms with van der Waals surface area (Å²) in [6, 6.07) is 18.7. The highest BCUT2D eigenvalue weighted by atomic mass is 16.4. The van der Waals surface area contributed by atoms with Crippen molar-refractivity contribution in [3.05, 3.63) is 72.2 Å². The molecule has 5 heteroatoms. The minimum atomic E-state index is -0.0927. The SMILES string of the molecule is N#Cc1cccc(NC(=O)CCCc2ncc(-c3ccccc3)o2)c1. The third-order valence-electron chi connectivity index (χ3n) is 3.68. The van der Waals surface area contributed by atoms with Crippen molar-refractivity contribution < 1.29 is 9.21 Å². The molecule has 1 amide bonds. The van der Waals surface area contributed by atoms with Gasteiger partial charge in [-0.1, -0.05) is 36.4 Å². The number of hydrogen-bond acceptors (Lipinski definition) is 4. The Bertz CT molecular complexity index is 895. The molecule has 2 aromatic carbocycles. The third kappa shape index (κ3) is 4.55. The van der Waals surface area contributed by atoms with Crippen LogP contribution in [-0.4, -0.2) is 10.9 Å². The van der Waals surface area contributed by atoms with Crippen molar-refractivity contribution in [2.75, 3.05) is 5.32 Å². The average molecular weight is 331 g/mol. The Morgan fingerprint density at radius 2 is 2.00 bits per heavy atom. The van der Waals surface area contributed by atoms with Gasteiger partial charge in [0.25, 0.3) is 0 Å². The number of amides is 1. The smallest absolute Gasteiger partial charge is 0.224 e. The van der Waals surface area contributed by atoms with Gasteiger partial charge in [-0.2, -0.15) is 5.26 Å². The second-order valence-corrected chi connectivity index (χ2v) is 5.58. The van der Waals surface area contributed by atoms with E-state index in [0.29, 0.717) is 36.4 Å². The van der Waals surface area contributed by atoms with Gasteiger partial charge in [-0.05, 0) is 24.6 Å².